The van der Waals surface area contributed by atoms with Crippen molar-refractivity contribution in [2.75, 3.05) is 6.54 Å². The fourth-order valence-electron chi connectivity index (χ4n) is 2.03. The summed E-state index contributed by atoms with van der Waals surface area (Å²) in [5.41, 5.74) is 7.04. The third-order valence-corrected chi connectivity index (χ3v) is 3.42. The van der Waals surface area contributed by atoms with Crippen LogP contribution in [0.15, 0.2) is 24.3 Å². The van der Waals surface area contributed by atoms with Gasteiger partial charge in [0.05, 0.1) is 6.10 Å². The van der Waals surface area contributed by atoms with Gasteiger partial charge in [0.1, 0.15) is 0 Å². The minimum absolute atomic E-state index is 0.0361. The van der Waals surface area contributed by atoms with E-state index in [0.717, 1.165) is 18.4 Å². The molecule has 3 N–H and O–H groups in total. The average molecular weight is 270 g/mol. The van der Waals surface area contributed by atoms with E-state index in [2.05, 4.69) is 20.8 Å². The Bertz CT molecular complexity index is 373. The molecule has 1 aromatic carbocycles. The van der Waals surface area contributed by atoms with Crippen LogP contribution in [0.2, 0.25) is 5.02 Å². The average Bonchev–Trinajstić information content (AvgIpc) is 2.26. The monoisotopic (exact) mass is 269 g/mol. The summed E-state index contributed by atoms with van der Waals surface area (Å²) in [7, 11) is 0. The van der Waals surface area contributed by atoms with Gasteiger partial charge in [0.15, 0.2) is 0 Å². The molecule has 102 valence electrons. The zero-order valence-electron chi connectivity index (χ0n) is 11.5. The maximum Gasteiger partial charge on any atom is 0.0621 e. The van der Waals surface area contributed by atoms with E-state index in [9.17, 15) is 5.11 Å². The third-order valence-electron chi connectivity index (χ3n) is 3.19. The highest BCUT2D eigenvalue weighted by molar-refractivity contribution is 6.30. The molecule has 0 radical (unpaired) electrons. The molecule has 0 aromatic heterocycles. The number of hydrogen-bond donors (Lipinski definition) is 2. The first kappa shape index (κ1) is 15.5. The predicted octanol–water partition coefficient (Wildman–Crippen LogP) is 3.57. The van der Waals surface area contributed by atoms with Gasteiger partial charge in [-0.3, -0.25) is 0 Å². The number of nitrogens with two attached hydrogens (primary N) is 1. The second-order valence-corrected chi connectivity index (χ2v) is 6.50. The molecule has 0 heterocycles. The maximum absolute atomic E-state index is 10.3. The Hall–Kier alpha value is -0.570. The fourth-order valence-corrected chi connectivity index (χ4v) is 2.23. The topological polar surface area (TPSA) is 46.2 Å². The molecule has 0 saturated heterocycles. The standard InChI is InChI=1S/C15H24ClNO/c1-15(2,3)8-7-14(18)13(10-17)11-5-4-6-12(16)9-11/h4-6,9,13-14,18H,7-8,10,17H2,1-3H3. The first-order valence-corrected chi connectivity index (χ1v) is 6.85. The quantitative estimate of drug-likeness (QED) is 0.858. The molecule has 2 unspecified atom stereocenters. The Morgan fingerprint density at radius 3 is 2.50 bits per heavy atom. The van der Waals surface area contributed by atoms with Gasteiger partial charge in [-0.25, -0.2) is 0 Å². The van der Waals surface area contributed by atoms with Crippen LogP contribution in [0.4, 0.5) is 0 Å². The van der Waals surface area contributed by atoms with Crippen molar-refractivity contribution in [1.29, 1.82) is 0 Å². The summed E-state index contributed by atoms with van der Waals surface area (Å²) >= 11 is 5.98. The summed E-state index contributed by atoms with van der Waals surface area (Å²) in [4.78, 5) is 0. The van der Waals surface area contributed by atoms with Crippen LogP contribution >= 0.6 is 11.6 Å². The number of aliphatic hydroxyl groups is 1. The molecular formula is C15H24ClNO. The predicted molar refractivity (Wildman–Crippen MR) is 77.9 cm³/mol. The van der Waals surface area contributed by atoms with Gasteiger partial charge < -0.3 is 10.8 Å². The van der Waals surface area contributed by atoms with Gasteiger partial charge in [-0.2, -0.15) is 0 Å². The van der Waals surface area contributed by atoms with Crippen LogP contribution in [0.25, 0.3) is 0 Å². The van der Waals surface area contributed by atoms with Gasteiger partial charge >= 0.3 is 0 Å². The van der Waals surface area contributed by atoms with Gasteiger partial charge in [-0.05, 0) is 36.0 Å². The Morgan fingerprint density at radius 2 is 2.00 bits per heavy atom. The Balaban J connectivity index is 2.71. The van der Waals surface area contributed by atoms with E-state index < -0.39 is 6.10 Å². The minimum Gasteiger partial charge on any atom is -0.392 e. The SMILES string of the molecule is CC(C)(C)CCC(O)C(CN)c1cccc(Cl)c1. The zero-order chi connectivity index (χ0) is 13.8. The van der Waals surface area contributed by atoms with Crippen LogP contribution in [-0.4, -0.2) is 17.8 Å². The number of benzene rings is 1. The molecular weight excluding hydrogens is 246 g/mol. The van der Waals surface area contributed by atoms with Crippen LogP contribution in [0.1, 0.15) is 45.1 Å². The van der Waals surface area contributed by atoms with Crippen LogP contribution < -0.4 is 5.73 Å². The maximum atomic E-state index is 10.3. The van der Waals surface area contributed by atoms with Crippen molar-refractivity contribution in [2.24, 2.45) is 11.1 Å². The normalized spacial score (nSPS) is 15.4. The molecule has 0 fully saturated rings. The molecule has 1 rings (SSSR count). The highest BCUT2D eigenvalue weighted by atomic mass is 35.5. The van der Waals surface area contributed by atoms with Crippen LogP contribution in [0.3, 0.4) is 0 Å². The van der Waals surface area contributed by atoms with E-state index in [1.165, 1.54) is 0 Å². The second-order valence-electron chi connectivity index (χ2n) is 6.06. The highest BCUT2D eigenvalue weighted by Gasteiger charge is 2.22. The Kier molecular flexibility index (Phi) is 5.64. The van der Waals surface area contributed by atoms with Crippen molar-refractivity contribution >= 4 is 11.6 Å². The van der Waals surface area contributed by atoms with E-state index in [1.54, 1.807) is 0 Å². The van der Waals surface area contributed by atoms with Crippen LogP contribution in [0.5, 0.6) is 0 Å². The Morgan fingerprint density at radius 1 is 1.33 bits per heavy atom. The molecule has 18 heavy (non-hydrogen) atoms. The summed E-state index contributed by atoms with van der Waals surface area (Å²) < 4.78 is 0. The number of halogens is 1. The summed E-state index contributed by atoms with van der Waals surface area (Å²) in [6, 6.07) is 7.60. The lowest BCUT2D eigenvalue weighted by Crippen LogP contribution is -2.27. The van der Waals surface area contributed by atoms with E-state index in [1.807, 2.05) is 24.3 Å². The molecule has 0 aliphatic heterocycles. The molecule has 0 bridgehead atoms. The van der Waals surface area contributed by atoms with Gasteiger partial charge in [-0.15, -0.1) is 0 Å². The van der Waals surface area contributed by atoms with Crippen molar-refractivity contribution in [3.8, 4) is 0 Å². The third kappa shape index (κ3) is 4.97. The number of rotatable bonds is 5. The van der Waals surface area contributed by atoms with E-state index in [0.29, 0.717) is 11.6 Å². The lowest BCUT2D eigenvalue weighted by Gasteiger charge is -2.25. The van der Waals surface area contributed by atoms with Gasteiger partial charge in [0.25, 0.3) is 0 Å². The van der Waals surface area contributed by atoms with Crippen LogP contribution in [-0.2, 0) is 0 Å². The van der Waals surface area contributed by atoms with Crippen LogP contribution in [0, 0.1) is 5.41 Å². The molecule has 3 heteroatoms. The summed E-state index contributed by atoms with van der Waals surface area (Å²) in [6.07, 6.45) is 1.33. The molecule has 0 aliphatic carbocycles. The summed E-state index contributed by atoms with van der Waals surface area (Å²) in [6.45, 7) is 6.97. The van der Waals surface area contributed by atoms with Crippen molar-refractivity contribution in [3.63, 3.8) is 0 Å². The first-order valence-electron chi connectivity index (χ1n) is 6.47. The van der Waals surface area contributed by atoms with E-state index in [-0.39, 0.29) is 11.3 Å². The summed E-state index contributed by atoms with van der Waals surface area (Å²) in [5, 5.41) is 11.0. The molecule has 0 amide bonds. The molecule has 2 nitrogen and oxygen atoms in total. The van der Waals surface area contributed by atoms with Gasteiger partial charge in [-0.1, -0.05) is 44.5 Å². The molecule has 0 spiro atoms. The first-order chi connectivity index (χ1) is 8.33. The minimum atomic E-state index is -0.410. The van der Waals surface area contributed by atoms with E-state index >= 15 is 0 Å². The van der Waals surface area contributed by atoms with Gasteiger partial charge in [0, 0.05) is 17.5 Å². The smallest absolute Gasteiger partial charge is 0.0621 e. The number of aliphatic hydroxyl groups excluding tert-OH is 1. The molecule has 0 aliphatic rings. The molecule has 2 atom stereocenters. The molecule has 0 saturated carbocycles. The van der Waals surface area contributed by atoms with Gasteiger partial charge in [0.2, 0.25) is 0 Å². The van der Waals surface area contributed by atoms with Crippen molar-refractivity contribution in [2.45, 2.75) is 45.6 Å². The second kappa shape index (κ2) is 6.55. The Labute approximate surface area is 115 Å². The summed E-state index contributed by atoms with van der Waals surface area (Å²) in [5.74, 6) is -0.0361. The largest absolute Gasteiger partial charge is 0.392 e. The van der Waals surface area contributed by atoms with Crippen molar-refractivity contribution in [3.05, 3.63) is 34.9 Å². The highest BCUT2D eigenvalue weighted by Crippen LogP contribution is 2.28. The van der Waals surface area contributed by atoms with Crippen molar-refractivity contribution < 1.29 is 5.11 Å². The lowest BCUT2D eigenvalue weighted by molar-refractivity contribution is 0.120. The molecule has 1 aromatic rings. The van der Waals surface area contributed by atoms with E-state index in [4.69, 9.17) is 17.3 Å². The lowest BCUT2D eigenvalue weighted by atomic mass is 9.84. The fraction of sp³-hybridized carbons (Fsp3) is 0.600. The zero-order valence-corrected chi connectivity index (χ0v) is 12.2. The van der Waals surface area contributed by atoms with Crippen molar-refractivity contribution in [1.82, 2.24) is 0 Å². The number of hydrogen-bond acceptors (Lipinski definition) is 2.